The second-order valence-electron chi connectivity index (χ2n) is 5.54. The molecule has 1 aliphatic heterocycles. The molecule has 0 fully saturated rings. The van der Waals surface area contributed by atoms with Gasteiger partial charge in [0.2, 0.25) is 15.9 Å². The second kappa shape index (κ2) is 6.25. The van der Waals surface area contributed by atoms with E-state index in [1.807, 2.05) is 0 Å². The maximum Gasteiger partial charge on any atom is 0.252 e. The number of sulfonamides is 1. The SMILES string of the molecule is COc1cc2c(c(-c3cnc(OC)c(NS(C)(=O)=O)c3)c1)CNC2=O. The first kappa shape index (κ1) is 17.0. The molecule has 132 valence electrons. The summed E-state index contributed by atoms with van der Waals surface area (Å²) in [5.74, 6) is 0.508. The van der Waals surface area contributed by atoms with Gasteiger partial charge in [-0.2, -0.15) is 0 Å². The molecule has 0 radical (unpaired) electrons. The van der Waals surface area contributed by atoms with E-state index in [9.17, 15) is 13.2 Å². The Morgan fingerprint density at radius 3 is 2.52 bits per heavy atom. The van der Waals surface area contributed by atoms with E-state index in [0.29, 0.717) is 23.4 Å². The van der Waals surface area contributed by atoms with Gasteiger partial charge in [-0.1, -0.05) is 0 Å². The number of methoxy groups -OCH3 is 2. The molecule has 0 saturated heterocycles. The fourth-order valence-electron chi connectivity index (χ4n) is 2.71. The van der Waals surface area contributed by atoms with Gasteiger partial charge in [-0.05, 0) is 29.3 Å². The maximum atomic E-state index is 12.0. The van der Waals surface area contributed by atoms with E-state index >= 15 is 0 Å². The van der Waals surface area contributed by atoms with Crippen molar-refractivity contribution in [2.75, 3.05) is 25.2 Å². The summed E-state index contributed by atoms with van der Waals surface area (Å²) in [6.07, 6.45) is 2.61. The average molecular weight is 363 g/mol. The zero-order valence-corrected chi connectivity index (χ0v) is 14.7. The third kappa shape index (κ3) is 3.36. The number of carbonyl (C=O) groups excluding carboxylic acids is 1. The van der Waals surface area contributed by atoms with Gasteiger partial charge in [0.05, 0.1) is 20.5 Å². The van der Waals surface area contributed by atoms with Gasteiger partial charge in [-0.15, -0.1) is 0 Å². The third-order valence-corrected chi connectivity index (χ3v) is 4.37. The van der Waals surface area contributed by atoms with Crippen molar-refractivity contribution in [1.82, 2.24) is 10.3 Å². The molecule has 2 heterocycles. The average Bonchev–Trinajstić information content (AvgIpc) is 2.93. The minimum Gasteiger partial charge on any atom is -0.497 e. The number of benzene rings is 1. The van der Waals surface area contributed by atoms with Crippen LogP contribution in [0.1, 0.15) is 15.9 Å². The lowest BCUT2D eigenvalue weighted by Gasteiger charge is -2.13. The van der Waals surface area contributed by atoms with Crippen LogP contribution in [0, 0.1) is 0 Å². The highest BCUT2D eigenvalue weighted by Gasteiger charge is 2.24. The Labute approximate surface area is 145 Å². The Morgan fingerprint density at radius 2 is 1.88 bits per heavy atom. The first-order valence-corrected chi connectivity index (χ1v) is 9.23. The van der Waals surface area contributed by atoms with Crippen LogP contribution in [0.5, 0.6) is 11.6 Å². The van der Waals surface area contributed by atoms with Crippen molar-refractivity contribution in [2.24, 2.45) is 0 Å². The van der Waals surface area contributed by atoms with Crippen LogP contribution in [0.25, 0.3) is 11.1 Å². The molecule has 1 aromatic carbocycles. The number of carbonyl (C=O) groups is 1. The van der Waals surface area contributed by atoms with Crippen molar-refractivity contribution in [3.8, 4) is 22.8 Å². The van der Waals surface area contributed by atoms with Gasteiger partial charge in [-0.3, -0.25) is 9.52 Å². The largest absolute Gasteiger partial charge is 0.497 e. The molecular weight excluding hydrogens is 346 g/mol. The van der Waals surface area contributed by atoms with E-state index in [1.165, 1.54) is 14.2 Å². The monoisotopic (exact) mass is 363 g/mol. The molecule has 0 unspecified atom stereocenters. The van der Waals surface area contributed by atoms with E-state index in [4.69, 9.17) is 9.47 Å². The van der Waals surface area contributed by atoms with E-state index in [-0.39, 0.29) is 17.5 Å². The number of amides is 1. The Kier molecular flexibility index (Phi) is 4.25. The molecule has 1 aromatic heterocycles. The number of nitrogens with one attached hydrogen (secondary N) is 2. The zero-order valence-electron chi connectivity index (χ0n) is 13.9. The molecule has 2 N–H and O–H groups in total. The summed E-state index contributed by atoms with van der Waals surface area (Å²) in [5, 5.41) is 2.77. The molecule has 0 atom stereocenters. The topological polar surface area (TPSA) is 107 Å². The Hall–Kier alpha value is -2.81. The summed E-state index contributed by atoms with van der Waals surface area (Å²) >= 11 is 0. The van der Waals surface area contributed by atoms with Crippen molar-refractivity contribution in [3.05, 3.63) is 35.5 Å². The third-order valence-electron chi connectivity index (χ3n) is 3.78. The predicted molar refractivity (Wildman–Crippen MR) is 92.4 cm³/mol. The van der Waals surface area contributed by atoms with Gasteiger partial charge < -0.3 is 14.8 Å². The summed E-state index contributed by atoms with van der Waals surface area (Å²) < 4.78 is 35.9. The number of pyridine rings is 1. The summed E-state index contributed by atoms with van der Waals surface area (Å²) in [7, 11) is -0.584. The number of hydrogen-bond donors (Lipinski definition) is 2. The first-order chi connectivity index (χ1) is 11.8. The summed E-state index contributed by atoms with van der Waals surface area (Å²) in [6, 6.07) is 5.07. The van der Waals surface area contributed by atoms with Crippen LogP contribution >= 0.6 is 0 Å². The molecule has 1 aliphatic rings. The molecule has 8 nitrogen and oxygen atoms in total. The lowest BCUT2D eigenvalue weighted by Crippen LogP contribution is -2.12. The highest BCUT2D eigenvalue weighted by molar-refractivity contribution is 7.92. The van der Waals surface area contributed by atoms with Gasteiger partial charge in [0.15, 0.2) is 0 Å². The van der Waals surface area contributed by atoms with Crippen molar-refractivity contribution in [1.29, 1.82) is 0 Å². The van der Waals surface area contributed by atoms with Crippen molar-refractivity contribution < 1.29 is 22.7 Å². The van der Waals surface area contributed by atoms with Crippen LogP contribution in [0.4, 0.5) is 5.69 Å². The van der Waals surface area contributed by atoms with Crippen LogP contribution in [-0.2, 0) is 16.6 Å². The number of rotatable bonds is 5. The fourth-order valence-corrected chi connectivity index (χ4v) is 3.26. The number of aromatic nitrogens is 1. The van der Waals surface area contributed by atoms with Crippen LogP contribution in [0.3, 0.4) is 0 Å². The molecular formula is C16H17N3O5S. The second-order valence-corrected chi connectivity index (χ2v) is 7.29. The smallest absolute Gasteiger partial charge is 0.252 e. The number of fused-ring (bicyclic) bond motifs is 1. The number of hydrogen-bond acceptors (Lipinski definition) is 6. The van der Waals surface area contributed by atoms with Gasteiger partial charge in [0.25, 0.3) is 5.91 Å². The standard InChI is InChI=1S/C16H17N3O5S/c1-23-10-5-11(13-8-17-15(20)12(13)6-10)9-4-14(19-25(3,21)22)16(24-2)18-7-9/h4-7,19H,8H2,1-3H3,(H,17,20). The van der Waals surface area contributed by atoms with Gasteiger partial charge in [0.1, 0.15) is 11.4 Å². The normalized spacial score (nSPS) is 13.2. The summed E-state index contributed by atoms with van der Waals surface area (Å²) in [5.41, 5.74) is 2.93. The highest BCUT2D eigenvalue weighted by atomic mass is 32.2. The van der Waals surface area contributed by atoms with Crippen LogP contribution < -0.4 is 19.5 Å². The molecule has 0 aliphatic carbocycles. The van der Waals surface area contributed by atoms with Crippen molar-refractivity contribution in [2.45, 2.75) is 6.54 Å². The van der Waals surface area contributed by atoms with Crippen LogP contribution in [0.15, 0.2) is 24.4 Å². The van der Waals surface area contributed by atoms with Crippen molar-refractivity contribution in [3.63, 3.8) is 0 Å². The molecule has 9 heteroatoms. The van der Waals surface area contributed by atoms with E-state index in [2.05, 4.69) is 15.0 Å². The lowest BCUT2D eigenvalue weighted by molar-refractivity contribution is 0.0965. The molecule has 0 saturated carbocycles. The van der Waals surface area contributed by atoms with Crippen LogP contribution in [-0.4, -0.2) is 39.8 Å². The summed E-state index contributed by atoms with van der Waals surface area (Å²) in [4.78, 5) is 16.1. The van der Waals surface area contributed by atoms with Crippen molar-refractivity contribution >= 4 is 21.6 Å². The maximum absolute atomic E-state index is 12.0. The Morgan fingerprint density at radius 1 is 1.16 bits per heavy atom. The molecule has 2 aromatic rings. The van der Waals surface area contributed by atoms with E-state index < -0.39 is 10.0 Å². The number of ether oxygens (including phenoxy) is 2. The first-order valence-electron chi connectivity index (χ1n) is 7.33. The molecule has 0 spiro atoms. The molecule has 25 heavy (non-hydrogen) atoms. The van der Waals surface area contributed by atoms with E-state index in [0.717, 1.165) is 17.4 Å². The highest BCUT2D eigenvalue weighted by Crippen LogP contribution is 2.36. The molecule has 3 rings (SSSR count). The summed E-state index contributed by atoms with van der Waals surface area (Å²) in [6.45, 7) is 0.383. The number of anilines is 1. The number of nitrogens with zero attached hydrogens (tertiary/aromatic N) is 1. The quantitative estimate of drug-likeness (QED) is 0.831. The van der Waals surface area contributed by atoms with Gasteiger partial charge >= 0.3 is 0 Å². The van der Waals surface area contributed by atoms with Gasteiger partial charge in [0, 0.05) is 23.9 Å². The van der Waals surface area contributed by atoms with Crippen LogP contribution in [0.2, 0.25) is 0 Å². The molecule has 1 amide bonds. The minimum absolute atomic E-state index is 0.155. The zero-order chi connectivity index (χ0) is 18.2. The Balaban J connectivity index is 2.17. The fraction of sp³-hybridized carbons (Fsp3) is 0.250. The minimum atomic E-state index is -3.50. The van der Waals surface area contributed by atoms with Gasteiger partial charge in [-0.25, -0.2) is 13.4 Å². The van der Waals surface area contributed by atoms with E-state index in [1.54, 1.807) is 24.4 Å². The Bertz CT molecular complexity index is 956. The predicted octanol–water partition coefficient (Wildman–Crippen LogP) is 1.38. The lowest BCUT2D eigenvalue weighted by atomic mass is 9.97. The molecule has 0 bridgehead atoms.